The number of phenolic OH excluding ortho intramolecular Hbond substituents is 2. The fourth-order valence-corrected chi connectivity index (χ4v) is 3.29. The molecule has 2 aromatic carbocycles. The highest BCUT2D eigenvalue weighted by Gasteiger charge is 2.30. The van der Waals surface area contributed by atoms with Crippen molar-refractivity contribution < 1.29 is 10.2 Å². The van der Waals surface area contributed by atoms with Crippen molar-refractivity contribution in [3.8, 4) is 11.5 Å². The van der Waals surface area contributed by atoms with E-state index in [4.69, 9.17) is 0 Å². The average Bonchev–Trinajstić information content (AvgIpc) is 2.56. The molecule has 0 saturated heterocycles. The van der Waals surface area contributed by atoms with Crippen molar-refractivity contribution in [1.82, 2.24) is 0 Å². The molecule has 0 radical (unpaired) electrons. The Morgan fingerprint density at radius 1 is 0.905 bits per heavy atom. The SMILES string of the molecule is CC1(C)C(c2ccc(O)cc2)=CCCc2cc(O)ccc21. The number of rotatable bonds is 1. The van der Waals surface area contributed by atoms with Crippen LogP contribution in [0.25, 0.3) is 5.57 Å². The van der Waals surface area contributed by atoms with E-state index in [1.807, 2.05) is 24.3 Å². The third-order valence-electron chi connectivity index (χ3n) is 4.38. The first-order valence-corrected chi connectivity index (χ1v) is 7.31. The zero-order chi connectivity index (χ0) is 15.0. The van der Waals surface area contributed by atoms with E-state index in [0.717, 1.165) is 18.4 Å². The molecule has 0 spiro atoms. The van der Waals surface area contributed by atoms with E-state index in [1.165, 1.54) is 16.7 Å². The number of aryl methyl sites for hydroxylation is 1. The summed E-state index contributed by atoms with van der Waals surface area (Å²) in [4.78, 5) is 0. The molecule has 0 aromatic heterocycles. The van der Waals surface area contributed by atoms with Gasteiger partial charge in [0.1, 0.15) is 11.5 Å². The van der Waals surface area contributed by atoms with Gasteiger partial charge in [0.25, 0.3) is 0 Å². The summed E-state index contributed by atoms with van der Waals surface area (Å²) < 4.78 is 0. The van der Waals surface area contributed by atoms with Crippen LogP contribution in [0, 0.1) is 0 Å². The van der Waals surface area contributed by atoms with E-state index in [2.05, 4.69) is 19.9 Å². The van der Waals surface area contributed by atoms with E-state index < -0.39 is 0 Å². The van der Waals surface area contributed by atoms with Gasteiger partial charge in [-0.05, 0) is 59.4 Å². The second kappa shape index (κ2) is 4.96. The fourth-order valence-electron chi connectivity index (χ4n) is 3.29. The molecule has 2 aromatic rings. The molecule has 0 fully saturated rings. The molecule has 108 valence electrons. The summed E-state index contributed by atoms with van der Waals surface area (Å²) in [5.41, 5.74) is 4.75. The molecule has 21 heavy (non-hydrogen) atoms. The second-order valence-electron chi connectivity index (χ2n) is 6.17. The molecule has 3 rings (SSSR count). The highest BCUT2D eigenvalue weighted by molar-refractivity contribution is 5.76. The summed E-state index contributed by atoms with van der Waals surface area (Å²) in [6, 6.07) is 13.1. The van der Waals surface area contributed by atoms with Crippen LogP contribution in [-0.2, 0) is 11.8 Å². The van der Waals surface area contributed by atoms with Gasteiger partial charge in [0.15, 0.2) is 0 Å². The summed E-state index contributed by atoms with van der Waals surface area (Å²) in [7, 11) is 0. The van der Waals surface area contributed by atoms with Gasteiger partial charge in [-0.25, -0.2) is 0 Å². The Bertz CT molecular complexity index is 694. The first kappa shape index (κ1) is 13.7. The maximum atomic E-state index is 9.72. The Labute approximate surface area is 125 Å². The van der Waals surface area contributed by atoms with Crippen LogP contribution >= 0.6 is 0 Å². The minimum Gasteiger partial charge on any atom is -0.508 e. The summed E-state index contributed by atoms with van der Waals surface area (Å²) in [5, 5.41) is 19.2. The third-order valence-corrected chi connectivity index (χ3v) is 4.38. The Balaban J connectivity index is 2.12. The molecule has 0 amide bonds. The standard InChI is InChI=1S/C19H20O2/c1-19(2)17(13-6-8-15(20)9-7-13)5-3-4-14-12-16(21)10-11-18(14)19/h5-12,20-21H,3-4H2,1-2H3. The molecule has 1 aliphatic carbocycles. The smallest absolute Gasteiger partial charge is 0.115 e. The van der Waals surface area contributed by atoms with Crippen LogP contribution in [0.2, 0.25) is 0 Å². The predicted molar refractivity (Wildman–Crippen MR) is 85.5 cm³/mol. The van der Waals surface area contributed by atoms with Crippen LogP contribution in [0.5, 0.6) is 11.5 Å². The Morgan fingerprint density at radius 3 is 2.29 bits per heavy atom. The molecular formula is C19H20O2. The first-order chi connectivity index (χ1) is 9.98. The molecule has 0 saturated carbocycles. The van der Waals surface area contributed by atoms with Gasteiger partial charge >= 0.3 is 0 Å². The summed E-state index contributed by atoms with van der Waals surface area (Å²) in [6.45, 7) is 4.43. The zero-order valence-electron chi connectivity index (χ0n) is 12.4. The largest absolute Gasteiger partial charge is 0.508 e. The number of allylic oxidation sites excluding steroid dienone is 2. The quantitative estimate of drug-likeness (QED) is 0.812. The molecule has 2 N–H and O–H groups in total. The number of fused-ring (bicyclic) bond motifs is 1. The van der Waals surface area contributed by atoms with Crippen molar-refractivity contribution in [2.45, 2.75) is 32.1 Å². The molecule has 2 heteroatoms. The number of hydrogen-bond acceptors (Lipinski definition) is 2. The zero-order valence-corrected chi connectivity index (χ0v) is 12.4. The number of phenols is 2. The van der Waals surface area contributed by atoms with E-state index >= 15 is 0 Å². The lowest BCUT2D eigenvalue weighted by atomic mass is 9.74. The van der Waals surface area contributed by atoms with E-state index in [1.54, 1.807) is 18.2 Å². The lowest BCUT2D eigenvalue weighted by Gasteiger charge is -2.30. The van der Waals surface area contributed by atoms with Crippen molar-refractivity contribution in [3.63, 3.8) is 0 Å². The highest BCUT2D eigenvalue weighted by Crippen LogP contribution is 2.43. The second-order valence-corrected chi connectivity index (χ2v) is 6.17. The molecule has 2 nitrogen and oxygen atoms in total. The molecule has 0 aliphatic heterocycles. The monoisotopic (exact) mass is 280 g/mol. The van der Waals surface area contributed by atoms with Gasteiger partial charge in [-0.15, -0.1) is 0 Å². The fraction of sp³-hybridized carbons (Fsp3) is 0.263. The summed E-state index contributed by atoms with van der Waals surface area (Å²) in [6.07, 6.45) is 4.17. The van der Waals surface area contributed by atoms with Crippen molar-refractivity contribution in [1.29, 1.82) is 0 Å². The third kappa shape index (κ3) is 2.42. The van der Waals surface area contributed by atoms with E-state index in [0.29, 0.717) is 5.75 Å². The van der Waals surface area contributed by atoms with Crippen LogP contribution < -0.4 is 0 Å². The van der Waals surface area contributed by atoms with Gasteiger partial charge < -0.3 is 10.2 Å². The lowest BCUT2D eigenvalue weighted by Crippen LogP contribution is -2.20. The van der Waals surface area contributed by atoms with Gasteiger partial charge in [-0.1, -0.05) is 38.1 Å². The number of aromatic hydroxyl groups is 2. The topological polar surface area (TPSA) is 40.5 Å². The van der Waals surface area contributed by atoms with Gasteiger partial charge in [-0.2, -0.15) is 0 Å². The van der Waals surface area contributed by atoms with Crippen molar-refractivity contribution >= 4 is 5.57 Å². The molecule has 0 heterocycles. The predicted octanol–water partition coefficient (Wildman–Crippen LogP) is 4.41. The number of benzene rings is 2. The Morgan fingerprint density at radius 2 is 1.57 bits per heavy atom. The first-order valence-electron chi connectivity index (χ1n) is 7.31. The average molecular weight is 280 g/mol. The van der Waals surface area contributed by atoms with Crippen molar-refractivity contribution in [2.75, 3.05) is 0 Å². The molecular weight excluding hydrogens is 260 g/mol. The maximum Gasteiger partial charge on any atom is 0.115 e. The minimum atomic E-state index is -0.128. The molecule has 0 bridgehead atoms. The molecule has 1 aliphatic rings. The summed E-state index contributed by atoms with van der Waals surface area (Å²) >= 11 is 0. The molecule has 0 atom stereocenters. The van der Waals surface area contributed by atoms with Gasteiger partial charge in [0, 0.05) is 5.41 Å². The van der Waals surface area contributed by atoms with Crippen LogP contribution in [0.15, 0.2) is 48.5 Å². The van der Waals surface area contributed by atoms with Crippen LogP contribution in [0.4, 0.5) is 0 Å². The number of hydrogen-bond donors (Lipinski definition) is 2. The highest BCUT2D eigenvalue weighted by atomic mass is 16.3. The van der Waals surface area contributed by atoms with Gasteiger partial charge in [-0.3, -0.25) is 0 Å². The van der Waals surface area contributed by atoms with E-state index in [9.17, 15) is 10.2 Å². The minimum absolute atomic E-state index is 0.128. The van der Waals surface area contributed by atoms with Crippen LogP contribution in [0.1, 0.15) is 37.0 Å². The van der Waals surface area contributed by atoms with Gasteiger partial charge in [0.05, 0.1) is 0 Å². The molecule has 0 unspecified atom stereocenters. The van der Waals surface area contributed by atoms with Gasteiger partial charge in [0.2, 0.25) is 0 Å². The van der Waals surface area contributed by atoms with E-state index in [-0.39, 0.29) is 11.2 Å². The normalized spacial score (nSPS) is 16.8. The lowest BCUT2D eigenvalue weighted by molar-refractivity contribution is 0.473. The summed E-state index contributed by atoms with van der Waals surface area (Å²) in [5.74, 6) is 0.619. The maximum absolute atomic E-state index is 9.72. The van der Waals surface area contributed by atoms with Crippen LogP contribution in [0.3, 0.4) is 0 Å². The Hall–Kier alpha value is -2.22. The van der Waals surface area contributed by atoms with Crippen molar-refractivity contribution in [2.24, 2.45) is 0 Å². The Kier molecular flexibility index (Phi) is 3.25. The van der Waals surface area contributed by atoms with Crippen LogP contribution in [-0.4, -0.2) is 10.2 Å². The van der Waals surface area contributed by atoms with Crippen molar-refractivity contribution in [3.05, 3.63) is 65.2 Å².